The second kappa shape index (κ2) is 8.84. The van der Waals surface area contributed by atoms with Crippen molar-refractivity contribution >= 4 is 23.2 Å². The third-order valence-electron chi connectivity index (χ3n) is 3.32. The summed E-state index contributed by atoms with van der Waals surface area (Å²) in [6.45, 7) is 11.9. The lowest BCUT2D eigenvalue weighted by Crippen LogP contribution is -2.34. The molecule has 0 atom stereocenters. The second-order valence-electron chi connectivity index (χ2n) is 5.28. The van der Waals surface area contributed by atoms with E-state index < -0.39 is 0 Å². The monoisotopic (exact) mass is 303 g/mol. The van der Waals surface area contributed by atoms with Gasteiger partial charge in [-0.25, -0.2) is 0 Å². The van der Waals surface area contributed by atoms with Crippen molar-refractivity contribution in [1.29, 1.82) is 0 Å². The Morgan fingerprint density at radius 2 is 1.53 bits per heavy atom. The number of aryl methyl sites for hydroxylation is 1. The normalized spacial score (nSPS) is 17.1. The van der Waals surface area contributed by atoms with Crippen LogP contribution in [0.2, 0.25) is 10.0 Å². The van der Waals surface area contributed by atoms with Crippen LogP contribution in [0.25, 0.3) is 0 Å². The van der Waals surface area contributed by atoms with Crippen molar-refractivity contribution in [3.8, 4) is 0 Å². The maximum Gasteiger partial charge on any atom is 0.0423 e. The number of halogens is 2. The van der Waals surface area contributed by atoms with Crippen LogP contribution in [0.1, 0.15) is 46.1 Å². The van der Waals surface area contributed by atoms with Gasteiger partial charge in [0.15, 0.2) is 0 Å². The van der Waals surface area contributed by atoms with Gasteiger partial charge in [-0.05, 0) is 71.0 Å². The fourth-order valence-corrected chi connectivity index (χ4v) is 2.57. The minimum absolute atomic E-state index is 0.486. The van der Waals surface area contributed by atoms with Gasteiger partial charge in [-0.1, -0.05) is 37.0 Å². The first kappa shape index (κ1) is 18.8. The number of hydrogen-bond donors (Lipinski definition) is 0. The summed E-state index contributed by atoms with van der Waals surface area (Å²) in [6.07, 6.45) is 2.74. The molecule has 1 aromatic carbocycles. The lowest BCUT2D eigenvalue weighted by atomic mass is 10.0. The van der Waals surface area contributed by atoms with Crippen LogP contribution in [0.4, 0.5) is 0 Å². The Labute approximate surface area is 128 Å². The van der Waals surface area contributed by atoms with Gasteiger partial charge in [0.2, 0.25) is 0 Å². The van der Waals surface area contributed by atoms with E-state index in [1.807, 2.05) is 32.9 Å². The van der Waals surface area contributed by atoms with Crippen LogP contribution in [-0.4, -0.2) is 24.0 Å². The fourth-order valence-electron chi connectivity index (χ4n) is 1.93. The van der Waals surface area contributed by atoms with Gasteiger partial charge in [-0.2, -0.15) is 0 Å². The Morgan fingerprint density at radius 1 is 1.05 bits per heavy atom. The number of nitrogens with zero attached hydrogens (tertiary/aromatic N) is 1. The molecule has 0 bridgehead atoms. The Bertz CT molecular complexity index is 325. The van der Waals surface area contributed by atoms with Crippen molar-refractivity contribution in [2.24, 2.45) is 0 Å². The molecule has 1 fully saturated rings. The Balaban J connectivity index is 0.000000303. The smallest absolute Gasteiger partial charge is 0.0423 e. The molecule has 19 heavy (non-hydrogen) atoms. The van der Waals surface area contributed by atoms with Crippen LogP contribution in [0.3, 0.4) is 0 Å². The van der Waals surface area contributed by atoms with Crippen LogP contribution in [0.5, 0.6) is 0 Å². The standard InChI is InChI=1S/C7H6Cl2.C7H15N.C2H6/c1-5-2-6(8)4-7(9)3-5;1-7(2)5-4-6-8(7)3;1-2/h2-4H,1H3;4-6H2,1-3H3;1-2H3. The SMILES string of the molecule is CC.CN1CCCC1(C)C.Cc1cc(Cl)cc(Cl)c1. The number of rotatable bonds is 0. The van der Waals surface area contributed by atoms with E-state index in [1.165, 1.54) is 19.4 Å². The third-order valence-corrected chi connectivity index (χ3v) is 3.76. The Kier molecular flexibility index (Phi) is 8.73. The highest BCUT2D eigenvalue weighted by Crippen LogP contribution is 2.25. The number of likely N-dealkylation sites (tertiary alicyclic amines) is 1. The van der Waals surface area contributed by atoms with Gasteiger partial charge in [0.25, 0.3) is 0 Å². The van der Waals surface area contributed by atoms with Crippen molar-refractivity contribution in [3.05, 3.63) is 33.8 Å². The molecule has 110 valence electrons. The van der Waals surface area contributed by atoms with Gasteiger partial charge in [0.05, 0.1) is 0 Å². The molecule has 1 aliphatic heterocycles. The van der Waals surface area contributed by atoms with E-state index in [2.05, 4.69) is 25.8 Å². The molecular weight excluding hydrogens is 277 g/mol. The average Bonchev–Trinajstić information content (AvgIpc) is 2.59. The summed E-state index contributed by atoms with van der Waals surface area (Å²) < 4.78 is 0. The van der Waals surface area contributed by atoms with Crippen LogP contribution < -0.4 is 0 Å². The molecule has 2 rings (SSSR count). The lowest BCUT2D eigenvalue weighted by Gasteiger charge is -2.26. The van der Waals surface area contributed by atoms with Crippen LogP contribution >= 0.6 is 23.2 Å². The quantitative estimate of drug-likeness (QED) is 0.584. The summed E-state index contributed by atoms with van der Waals surface area (Å²) in [7, 11) is 2.20. The topological polar surface area (TPSA) is 3.24 Å². The highest BCUT2D eigenvalue weighted by molar-refractivity contribution is 6.34. The predicted molar refractivity (Wildman–Crippen MR) is 88.5 cm³/mol. The summed E-state index contributed by atoms with van der Waals surface area (Å²) in [5, 5.41) is 1.39. The molecule has 1 heterocycles. The maximum absolute atomic E-state index is 5.67. The first-order chi connectivity index (χ1) is 8.81. The Morgan fingerprint density at radius 3 is 1.74 bits per heavy atom. The zero-order valence-corrected chi connectivity index (χ0v) is 14.6. The van der Waals surface area contributed by atoms with Gasteiger partial charge in [0, 0.05) is 15.6 Å². The number of benzene rings is 1. The molecule has 0 spiro atoms. The molecule has 0 aromatic heterocycles. The van der Waals surface area contributed by atoms with Crippen molar-refractivity contribution in [1.82, 2.24) is 4.90 Å². The molecule has 1 nitrogen and oxygen atoms in total. The summed E-state index contributed by atoms with van der Waals surface area (Å²) in [4.78, 5) is 2.42. The van der Waals surface area contributed by atoms with Gasteiger partial charge in [0.1, 0.15) is 0 Å². The summed E-state index contributed by atoms with van der Waals surface area (Å²) in [6, 6.07) is 5.46. The zero-order chi connectivity index (χ0) is 15.1. The zero-order valence-electron chi connectivity index (χ0n) is 13.1. The molecule has 1 aliphatic rings. The molecule has 1 saturated heterocycles. The van der Waals surface area contributed by atoms with E-state index in [9.17, 15) is 0 Å². The minimum atomic E-state index is 0.486. The van der Waals surface area contributed by atoms with E-state index >= 15 is 0 Å². The summed E-state index contributed by atoms with van der Waals surface area (Å²) in [5.41, 5.74) is 1.58. The molecular formula is C16H27Cl2N. The average molecular weight is 304 g/mol. The summed E-state index contributed by atoms with van der Waals surface area (Å²) >= 11 is 11.3. The second-order valence-corrected chi connectivity index (χ2v) is 6.16. The minimum Gasteiger partial charge on any atom is -0.301 e. The van der Waals surface area contributed by atoms with Gasteiger partial charge in [-0.3, -0.25) is 0 Å². The first-order valence-electron chi connectivity index (χ1n) is 6.95. The van der Waals surface area contributed by atoms with Crippen LogP contribution in [0.15, 0.2) is 18.2 Å². The van der Waals surface area contributed by atoms with E-state index in [-0.39, 0.29) is 0 Å². The van der Waals surface area contributed by atoms with Crippen LogP contribution in [-0.2, 0) is 0 Å². The van der Waals surface area contributed by atoms with Crippen molar-refractivity contribution in [2.45, 2.75) is 53.0 Å². The van der Waals surface area contributed by atoms with Crippen molar-refractivity contribution < 1.29 is 0 Å². The van der Waals surface area contributed by atoms with Crippen LogP contribution in [0, 0.1) is 6.92 Å². The maximum atomic E-state index is 5.67. The highest BCUT2D eigenvalue weighted by atomic mass is 35.5. The Hall–Kier alpha value is -0.240. The van der Waals surface area contributed by atoms with E-state index in [1.54, 1.807) is 6.07 Å². The lowest BCUT2D eigenvalue weighted by molar-refractivity contribution is 0.218. The van der Waals surface area contributed by atoms with Gasteiger partial charge >= 0.3 is 0 Å². The van der Waals surface area contributed by atoms with Gasteiger partial charge < -0.3 is 4.90 Å². The van der Waals surface area contributed by atoms with Gasteiger partial charge in [-0.15, -0.1) is 0 Å². The molecule has 3 heteroatoms. The number of hydrogen-bond acceptors (Lipinski definition) is 1. The molecule has 0 saturated carbocycles. The molecule has 0 aliphatic carbocycles. The molecule has 0 radical (unpaired) electrons. The molecule has 0 amide bonds. The predicted octanol–water partition coefficient (Wildman–Crippen LogP) is 5.82. The van der Waals surface area contributed by atoms with E-state index in [0.29, 0.717) is 15.6 Å². The molecule has 0 N–H and O–H groups in total. The third kappa shape index (κ3) is 7.20. The van der Waals surface area contributed by atoms with Crippen molar-refractivity contribution in [3.63, 3.8) is 0 Å². The molecule has 1 aromatic rings. The first-order valence-corrected chi connectivity index (χ1v) is 7.71. The summed E-state index contributed by atoms with van der Waals surface area (Å²) in [5.74, 6) is 0. The van der Waals surface area contributed by atoms with E-state index in [0.717, 1.165) is 5.56 Å². The van der Waals surface area contributed by atoms with Crippen molar-refractivity contribution in [2.75, 3.05) is 13.6 Å². The largest absolute Gasteiger partial charge is 0.301 e. The highest BCUT2D eigenvalue weighted by Gasteiger charge is 2.27. The fraction of sp³-hybridized carbons (Fsp3) is 0.625. The van der Waals surface area contributed by atoms with E-state index in [4.69, 9.17) is 23.2 Å². The molecule has 0 unspecified atom stereocenters.